The van der Waals surface area contributed by atoms with Gasteiger partial charge >= 0.3 is 0 Å². The van der Waals surface area contributed by atoms with Crippen LogP contribution in [0.4, 0.5) is 0 Å². The second-order valence-corrected chi connectivity index (χ2v) is 5.64. The van der Waals surface area contributed by atoms with Crippen LogP contribution in [0.15, 0.2) is 72.9 Å². The number of rotatable bonds is 5. The van der Waals surface area contributed by atoms with Gasteiger partial charge in [-0.25, -0.2) is 0 Å². The SMILES string of the molecule is Cc1ccc(-n2cccc2CC(=O)NCc2ccccc2)cc1. The van der Waals surface area contributed by atoms with Crippen LogP contribution in [0, 0.1) is 6.92 Å². The number of nitrogens with zero attached hydrogens (tertiary/aromatic N) is 1. The van der Waals surface area contributed by atoms with Gasteiger partial charge in [-0.1, -0.05) is 48.0 Å². The molecule has 3 rings (SSSR count). The molecule has 0 aliphatic heterocycles. The predicted octanol–water partition coefficient (Wildman–Crippen LogP) is 3.64. The average Bonchev–Trinajstić information content (AvgIpc) is 3.03. The summed E-state index contributed by atoms with van der Waals surface area (Å²) in [5.74, 6) is 0.0286. The third kappa shape index (κ3) is 3.89. The van der Waals surface area contributed by atoms with E-state index in [0.717, 1.165) is 16.9 Å². The Morgan fingerprint density at radius 1 is 0.957 bits per heavy atom. The summed E-state index contributed by atoms with van der Waals surface area (Å²) in [7, 11) is 0. The molecule has 116 valence electrons. The number of amides is 1. The molecule has 0 aliphatic carbocycles. The van der Waals surface area contributed by atoms with E-state index in [4.69, 9.17) is 0 Å². The second-order valence-electron chi connectivity index (χ2n) is 5.64. The molecule has 0 saturated carbocycles. The Hall–Kier alpha value is -2.81. The first-order valence-corrected chi connectivity index (χ1v) is 7.76. The fraction of sp³-hybridized carbons (Fsp3) is 0.150. The van der Waals surface area contributed by atoms with Gasteiger partial charge in [-0.05, 0) is 36.8 Å². The molecule has 3 heteroatoms. The van der Waals surface area contributed by atoms with Crippen molar-refractivity contribution in [3.63, 3.8) is 0 Å². The Labute approximate surface area is 136 Å². The Morgan fingerprint density at radius 3 is 2.43 bits per heavy atom. The number of hydrogen-bond donors (Lipinski definition) is 1. The minimum atomic E-state index is 0.0286. The molecule has 1 N–H and O–H groups in total. The lowest BCUT2D eigenvalue weighted by atomic mass is 10.2. The lowest BCUT2D eigenvalue weighted by Crippen LogP contribution is -2.25. The summed E-state index contributed by atoms with van der Waals surface area (Å²) < 4.78 is 2.06. The van der Waals surface area contributed by atoms with Crippen molar-refractivity contribution in [2.24, 2.45) is 0 Å². The van der Waals surface area contributed by atoms with Crippen molar-refractivity contribution in [2.45, 2.75) is 19.9 Å². The summed E-state index contributed by atoms with van der Waals surface area (Å²) in [6, 6.07) is 22.2. The summed E-state index contributed by atoms with van der Waals surface area (Å²) in [6.45, 7) is 2.63. The average molecular weight is 304 g/mol. The quantitative estimate of drug-likeness (QED) is 0.767. The molecule has 3 aromatic rings. The van der Waals surface area contributed by atoms with Gasteiger partial charge in [0.05, 0.1) is 6.42 Å². The van der Waals surface area contributed by atoms with E-state index in [1.54, 1.807) is 0 Å². The number of carbonyl (C=O) groups is 1. The Morgan fingerprint density at radius 2 is 1.70 bits per heavy atom. The van der Waals surface area contributed by atoms with Gasteiger partial charge in [-0.15, -0.1) is 0 Å². The van der Waals surface area contributed by atoms with Gasteiger partial charge in [0.2, 0.25) is 5.91 Å². The van der Waals surface area contributed by atoms with E-state index >= 15 is 0 Å². The number of carbonyl (C=O) groups excluding carboxylic acids is 1. The van der Waals surface area contributed by atoms with Gasteiger partial charge in [-0.2, -0.15) is 0 Å². The number of benzene rings is 2. The first-order chi connectivity index (χ1) is 11.2. The van der Waals surface area contributed by atoms with Gasteiger partial charge in [0.25, 0.3) is 0 Å². The Balaban J connectivity index is 1.65. The maximum absolute atomic E-state index is 12.2. The van der Waals surface area contributed by atoms with Crippen LogP contribution in [-0.4, -0.2) is 10.5 Å². The fourth-order valence-electron chi connectivity index (χ4n) is 2.54. The van der Waals surface area contributed by atoms with Crippen LogP contribution in [0.2, 0.25) is 0 Å². The van der Waals surface area contributed by atoms with Gasteiger partial charge in [0.1, 0.15) is 0 Å². The molecule has 23 heavy (non-hydrogen) atoms. The summed E-state index contributed by atoms with van der Waals surface area (Å²) in [5.41, 5.74) is 4.39. The second kappa shape index (κ2) is 6.97. The van der Waals surface area contributed by atoms with Crippen LogP contribution >= 0.6 is 0 Å². The Bertz CT molecular complexity index is 773. The van der Waals surface area contributed by atoms with Gasteiger partial charge in [-0.3, -0.25) is 4.79 Å². The van der Waals surface area contributed by atoms with Crippen LogP contribution in [-0.2, 0) is 17.8 Å². The molecule has 0 atom stereocenters. The van der Waals surface area contributed by atoms with Crippen molar-refractivity contribution in [1.82, 2.24) is 9.88 Å². The molecule has 1 heterocycles. The van der Waals surface area contributed by atoms with Crippen LogP contribution < -0.4 is 5.32 Å². The highest BCUT2D eigenvalue weighted by Crippen LogP contribution is 2.14. The predicted molar refractivity (Wildman–Crippen MR) is 92.5 cm³/mol. The topological polar surface area (TPSA) is 34.0 Å². The zero-order chi connectivity index (χ0) is 16.1. The maximum atomic E-state index is 12.2. The van der Waals surface area contributed by atoms with E-state index in [-0.39, 0.29) is 5.91 Å². The number of nitrogens with one attached hydrogen (secondary N) is 1. The van der Waals surface area contributed by atoms with Crippen LogP contribution in [0.3, 0.4) is 0 Å². The third-order valence-corrected chi connectivity index (χ3v) is 3.82. The summed E-state index contributed by atoms with van der Waals surface area (Å²) in [5, 5.41) is 2.97. The summed E-state index contributed by atoms with van der Waals surface area (Å²) in [6.07, 6.45) is 2.36. The standard InChI is InChI=1S/C20H20N2O/c1-16-9-11-18(12-10-16)22-13-5-8-19(22)14-20(23)21-15-17-6-3-2-4-7-17/h2-13H,14-15H2,1H3,(H,21,23). The van der Waals surface area contributed by atoms with E-state index < -0.39 is 0 Å². The lowest BCUT2D eigenvalue weighted by molar-refractivity contribution is -0.120. The van der Waals surface area contributed by atoms with Crippen molar-refractivity contribution in [2.75, 3.05) is 0 Å². The van der Waals surface area contributed by atoms with Crippen molar-refractivity contribution in [3.8, 4) is 5.69 Å². The minimum Gasteiger partial charge on any atom is -0.352 e. The molecule has 2 aromatic carbocycles. The van der Waals surface area contributed by atoms with Crippen molar-refractivity contribution in [1.29, 1.82) is 0 Å². The molecular weight excluding hydrogens is 284 g/mol. The number of hydrogen-bond acceptors (Lipinski definition) is 1. The first-order valence-electron chi connectivity index (χ1n) is 7.76. The lowest BCUT2D eigenvalue weighted by Gasteiger charge is -2.10. The van der Waals surface area contributed by atoms with E-state index in [1.165, 1.54) is 5.56 Å². The van der Waals surface area contributed by atoms with E-state index in [9.17, 15) is 4.79 Å². The maximum Gasteiger partial charge on any atom is 0.226 e. The molecule has 0 bridgehead atoms. The summed E-state index contributed by atoms with van der Waals surface area (Å²) >= 11 is 0. The molecular formula is C20H20N2O. The smallest absolute Gasteiger partial charge is 0.226 e. The first kappa shape index (κ1) is 15.1. The zero-order valence-electron chi connectivity index (χ0n) is 13.2. The van der Waals surface area contributed by atoms with E-state index in [2.05, 4.69) is 41.1 Å². The van der Waals surface area contributed by atoms with Gasteiger partial charge in [0, 0.05) is 24.1 Å². The van der Waals surface area contributed by atoms with Gasteiger partial charge in [0.15, 0.2) is 0 Å². The normalized spacial score (nSPS) is 10.5. The molecule has 0 aliphatic rings. The third-order valence-electron chi connectivity index (χ3n) is 3.82. The van der Waals surface area contributed by atoms with Crippen LogP contribution in [0.1, 0.15) is 16.8 Å². The Kier molecular flexibility index (Phi) is 4.57. The highest BCUT2D eigenvalue weighted by molar-refractivity contribution is 5.78. The highest BCUT2D eigenvalue weighted by Gasteiger charge is 2.08. The summed E-state index contributed by atoms with van der Waals surface area (Å²) in [4.78, 5) is 12.2. The monoisotopic (exact) mass is 304 g/mol. The fourth-order valence-corrected chi connectivity index (χ4v) is 2.54. The molecule has 1 aromatic heterocycles. The minimum absolute atomic E-state index is 0.0286. The van der Waals surface area contributed by atoms with Crippen molar-refractivity contribution >= 4 is 5.91 Å². The molecule has 3 nitrogen and oxygen atoms in total. The van der Waals surface area contributed by atoms with Crippen LogP contribution in [0.5, 0.6) is 0 Å². The number of aryl methyl sites for hydroxylation is 1. The van der Waals surface area contributed by atoms with E-state index in [1.807, 2.05) is 48.7 Å². The molecule has 0 spiro atoms. The van der Waals surface area contributed by atoms with Crippen molar-refractivity contribution in [3.05, 3.63) is 89.7 Å². The number of aromatic nitrogens is 1. The largest absolute Gasteiger partial charge is 0.352 e. The zero-order valence-corrected chi connectivity index (χ0v) is 13.2. The highest BCUT2D eigenvalue weighted by atomic mass is 16.1. The molecule has 1 amide bonds. The molecule has 0 radical (unpaired) electrons. The molecule has 0 saturated heterocycles. The van der Waals surface area contributed by atoms with Crippen molar-refractivity contribution < 1.29 is 4.79 Å². The molecule has 0 fully saturated rings. The van der Waals surface area contributed by atoms with Gasteiger partial charge < -0.3 is 9.88 Å². The van der Waals surface area contributed by atoms with E-state index in [0.29, 0.717) is 13.0 Å². The van der Waals surface area contributed by atoms with Crippen LogP contribution in [0.25, 0.3) is 5.69 Å². The molecule has 0 unspecified atom stereocenters.